The quantitative estimate of drug-likeness (QED) is 0.0689. The average molecular weight is 1220 g/mol. The van der Waals surface area contributed by atoms with E-state index in [1.165, 1.54) is 0 Å². The largest absolute Gasteiger partial charge is 0.432 e. The molecule has 23 heteroatoms. The van der Waals surface area contributed by atoms with Crippen molar-refractivity contribution >= 4 is 5.97 Å². The summed E-state index contributed by atoms with van der Waals surface area (Å²) in [5.74, 6) is -0.805. The first-order valence-corrected chi connectivity index (χ1v) is 23.4. The zero-order valence-corrected chi connectivity index (χ0v) is 37.5. The van der Waals surface area contributed by atoms with E-state index in [4.69, 9.17) is 37.9 Å². The molecular formula is C60H134O23. The molecule has 83 heavy (non-hydrogen) atoms. The molecule has 0 radical (unpaired) electrons. The zero-order valence-electron chi connectivity index (χ0n) is 37.5. The van der Waals surface area contributed by atoms with Gasteiger partial charge in [0.1, 0.15) is 97.7 Å². The molecule has 26 atom stereocenters. The number of aliphatic hydroxyl groups excluding tert-OH is 14. The molecule has 4 saturated heterocycles. The topological polar surface area (TPSA) is 374 Å². The van der Waals surface area contributed by atoms with Crippen LogP contribution in [0.5, 0.6) is 0 Å². The molecule has 4 aliphatic heterocycles. The second kappa shape index (κ2) is 38.0. The third kappa shape index (κ3) is 17.0. The van der Waals surface area contributed by atoms with Crippen LogP contribution in [0.15, 0.2) is 12.2 Å². The molecule has 22 unspecified atom stereocenters. The number of rotatable bonds is 12. The summed E-state index contributed by atoms with van der Waals surface area (Å²) in [6.07, 6.45) is -29.1. The fourth-order valence-corrected chi connectivity index (χ4v) is 13.5. The van der Waals surface area contributed by atoms with Crippen molar-refractivity contribution in [3.63, 3.8) is 0 Å². The first-order valence-electron chi connectivity index (χ1n) is 23.4. The first-order chi connectivity index (χ1) is 31.6. The number of esters is 1. The lowest BCUT2D eigenvalue weighted by Gasteiger charge is -2.64. The molecule has 8 aliphatic rings. The van der Waals surface area contributed by atoms with Crippen molar-refractivity contribution in [2.45, 2.75) is 319 Å². The summed E-state index contributed by atoms with van der Waals surface area (Å²) in [6, 6.07) is 0. The van der Waals surface area contributed by atoms with Gasteiger partial charge in [0, 0.05) is 0 Å². The van der Waals surface area contributed by atoms with E-state index in [9.17, 15) is 76.3 Å². The van der Waals surface area contributed by atoms with Gasteiger partial charge in [0.15, 0.2) is 18.9 Å². The van der Waals surface area contributed by atoms with E-state index in [-0.39, 0.29) is 131 Å². The molecule has 4 heterocycles. The molecule has 4 aliphatic carbocycles. The van der Waals surface area contributed by atoms with Crippen LogP contribution in [0.4, 0.5) is 0 Å². The van der Waals surface area contributed by atoms with E-state index in [0.29, 0.717) is 56.9 Å². The lowest BCUT2D eigenvalue weighted by Crippen LogP contribution is -2.68. The number of fused-ring (bicyclic) bond motifs is 3. The average Bonchev–Trinajstić information content (AvgIpc) is 3.50. The van der Waals surface area contributed by atoms with Crippen LogP contribution in [0.1, 0.15) is 190 Å². The second-order valence-corrected chi connectivity index (χ2v) is 20.8. The molecule has 0 aromatic rings. The first kappa shape index (κ1) is 100. The van der Waals surface area contributed by atoms with Crippen molar-refractivity contribution in [2.24, 2.45) is 28.1 Å². The van der Waals surface area contributed by atoms with Gasteiger partial charge in [-0.2, -0.15) is 0 Å². The van der Waals surface area contributed by atoms with Crippen molar-refractivity contribution in [3.05, 3.63) is 12.2 Å². The minimum absolute atomic E-state index is 0. The van der Waals surface area contributed by atoms with E-state index in [1.54, 1.807) is 0 Å². The third-order valence-electron chi connectivity index (χ3n) is 17.1. The molecule has 0 amide bonds. The number of hydrogen-bond donors (Lipinski definition) is 14. The van der Waals surface area contributed by atoms with Gasteiger partial charge in [0.05, 0.1) is 37.4 Å². The molecule has 2 bridgehead atoms. The minimum atomic E-state index is -1.95. The Balaban J connectivity index is -0.000000489. The third-order valence-corrected chi connectivity index (χ3v) is 17.1. The van der Waals surface area contributed by atoms with Crippen LogP contribution in [-0.4, -0.2) is 232 Å². The Kier molecular flexibility index (Phi) is 46.0. The Morgan fingerprint density at radius 2 is 0.843 bits per heavy atom. The minimum Gasteiger partial charge on any atom is -0.432 e. The Bertz CT molecular complexity index is 1760. The van der Waals surface area contributed by atoms with Crippen molar-refractivity contribution in [2.75, 3.05) is 26.4 Å². The SMILES string of the molecule is C.C.C.C.C.C.C.C.C.C.C.C.C.C.C.C.C=C1C[C@@]23CCC4[C@](C)(C(=O)OC5OC(CO)C(O)C(O)C5O)CCC[C@@]4(C)[C@@H]2CCC1(OC1OC(CO)C(O)C(OC2OC(CO)C(O)C(O)C2O)C1OC1OC(CO)C(O)C(O)C1O)C3. The van der Waals surface area contributed by atoms with E-state index < -0.39 is 177 Å². The maximum absolute atomic E-state index is 14.3. The van der Waals surface area contributed by atoms with Gasteiger partial charge in [-0.15, -0.1) is 0 Å². The molecule has 8 rings (SSSR count). The number of carbonyl (C=O) groups excluding carboxylic acids is 1. The van der Waals surface area contributed by atoms with Gasteiger partial charge in [0.2, 0.25) is 6.29 Å². The fourth-order valence-electron chi connectivity index (χ4n) is 13.5. The highest BCUT2D eigenvalue weighted by atomic mass is 16.8. The molecule has 4 saturated carbocycles. The molecule has 0 aromatic carbocycles. The van der Waals surface area contributed by atoms with Crippen molar-refractivity contribution in [1.29, 1.82) is 0 Å². The lowest BCUT2D eigenvalue weighted by molar-refractivity contribution is -0.400. The van der Waals surface area contributed by atoms with Crippen LogP contribution in [0, 0.1) is 28.1 Å². The van der Waals surface area contributed by atoms with Crippen LogP contribution in [0.25, 0.3) is 0 Å². The summed E-state index contributed by atoms with van der Waals surface area (Å²) in [5.41, 5.74) is -2.33. The maximum atomic E-state index is 14.3. The molecule has 0 aromatic heterocycles. The predicted octanol–water partition coefficient (Wildman–Crippen LogP) is 5.06. The van der Waals surface area contributed by atoms with E-state index in [1.807, 2.05) is 6.92 Å². The molecule has 14 N–H and O–H groups in total. The highest BCUT2D eigenvalue weighted by Crippen LogP contribution is 2.74. The highest BCUT2D eigenvalue weighted by molar-refractivity contribution is 5.77. The number of aliphatic hydroxyl groups is 14. The predicted molar refractivity (Wildman–Crippen MR) is 327 cm³/mol. The van der Waals surface area contributed by atoms with E-state index >= 15 is 0 Å². The monoisotopic (exact) mass is 1220 g/mol. The van der Waals surface area contributed by atoms with E-state index in [0.717, 1.165) is 6.42 Å². The molecule has 23 nitrogen and oxygen atoms in total. The van der Waals surface area contributed by atoms with Crippen LogP contribution in [0.2, 0.25) is 0 Å². The summed E-state index contributed by atoms with van der Waals surface area (Å²) in [7, 11) is 0. The van der Waals surface area contributed by atoms with Gasteiger partial charge < -0.3 is 109 Å². The molecular weight excluding hydrogens is 1090 g/mol. The summed E-state index contributed by atoms with van der Waals surface area (Å²) in [5, 5.41) is 148. The summed E-state index contributed by atoms with van der Waals surface area (Å²) < 4.78 is 48.2. The van der Waals surface area contributed by atoms with Gasteiger partial charge in [-0.25, -0.2) is 0 Å². The number of hydrogen-bond acceptors (Lipinski definition) is 23. The van der Waals surface area contributed by atoms with Gasteiger partial charge >= 0.3 is 5.97 Å². The summed E-state index contributed by atoms with van der Waals surface area (Å²) in [6.45, 7) is 5.41. The second-order valence-electron chi connectivity index (χ2n) is 20.8. The Hall–Kier alpha value is -1.63. The maximum Gasteiger partial charge on any atom is 0.314 e. The Labute approximate surface area is 504 Å². The highest BCUT2D eigenvalue weighted by Gasteiger charge is 2.70. The van der Waals surface area contributed by atoms with Gasteiger partial charge in [-0.05, 0) is 86.5 Å². The van der Waals surface area contributed by atoms with Gasteiger partial charge in [0.25, 0.3) is 0 Å². The number of carbonyl (C=O) groups is 1. The van der Waals surface area contributed by atoms with E-state index in [2.05, 4.69) is 13.5 Å². The van der Waals surface area contributed by atoms with Crippen LogP contribution >= 0.6 is 0 Å². The smallest absolute Gasteiger partial charge is 0.314 e. The summed E-state index contributed by atoms with van der Waals surface area (Å²) >= 11 is 0. The summed E-state index contributed by atoms with van der Waals surface area (Å²) in [4.78, 5) is 14.3. The molecule has 512 valence electrons. The zero-order chi connectivity index (χ0) is 48.7. The standard InChI is InChI=1S/C44H70O23.16CH4/c1-17-11-43-9-5-22-41(2,7-4-8-42(22,3)40(59)66-38-33(58)30(55)26(51)20(14-47)62-38)23(43)6-10-44(17,16-43)67-39-35(65-37-32(57)29(54)25(50)19(13-46)61-37)34(27(52)21(15-48)63-39)64-36-31(56)28(53)24(49)18(12-45)60-36;;;;;;;;;;;;;;;;/h18-39,45-58H,1,4-16H2,2-3H3;16*1H4/t18?,19?,20?,21?,22?,23-,24?,25?,26?,27?,28?,29?,30?,31?,32?,33?,34?,35?,36?,37?,38?,39?,41+,42+,43+,44?;;;;;;;;;;;;;;;;/m0................/s1. The fraction of sp³-hybridized carbons (Fsp3) is 0.950. The van der Waals surface area contributed by atoms with Crippen molar-refractivity contribution in [3.8, 4) is 0 Å². The van der Waals surface area contributed by atoms with Crippen molar-refractivity contribution in [1.82, 2.24) is 0 Å². The Morgan fingerprint density at radius 1 is 0.470 bits per heavy atom. The molecule has 1 spiro atoms. The van der Waals surface area contributed by atoms with Crippen LogP contribution < -0.4 is 0 Å². The van der Waals surface area contributed by atoms with Gasteiger partial charge in [-0.3, -0.25) is 4.79 Å². The normalized spacial score (nSPS) is 44.0. The Morgan fingerprint density at radius 3 is 1.28 bits per heavy atom. The van der Waals surface area contributed by atoms with Crippen molar-refractivity contribution < 1.29 is 114 Å². The van der Waals surface area contributed by atoms with Crippen LogP contribution in [-0.2, 0) is 42.7 Å². The van der Waals surface area contributed by atoms with Gasteiger partial charge in [-0.1, -0.05) is 139 Å². The van der Waals surface area contributed by atoms with Crippen LogP contribution in [0.3, 0.4) is 0 Å². The lowest BCUT2D eigenvalue weighted by atomic mass is 9.41. The molecule has 8 fully saturated rings. The number of ether oxygens (including phenoxy) is 8.